The highest BCUT2D eigenvalue weighted by atomic mass is 79.9. The van der Waals surface area contributed by atoms with Crippen LogP contribution in [0.3, 0.4) is 0 Å². The van der Waals surface area contributed by atoms with Crippen molar-refractivity contribution >= 4 is 33.4 Å². The van der Waals surface area contributed by atoms with Gasteiger partial charge < -0.3 is 4.74 Å². The fraction of sp³-hybridized carbons (Fsp3) is 0.0909. The van der Waals surface area contributed by atoms with Gasteiger partial charge in [-0.1, -0.05) is 41.1 Å². The van der Waals surface area contributed by atoms with Gasteiger partial charge in [0.05, 0.1) is 16.8 Å². The highest BCUT2D eigenvalue weighted by molar-refractivity contribution is 9.10. The molecule has 0 bridgehead atoms. The summed E-state index contributed by atoms with van der Waals surface area (Å²) < 4.78 is 6.78. The monoisotopic (exact) mass is 421 g/mol. The van der Waals surface area contributed by atoms with Crippen LogP contribution < -0.4 is 9.64 Å². The molecule has 0 aliphatic carbocycles. The number of amides is 2. The minimum atomic E-state index is -0.322. The molecule has 0 saturated carbocycles. The Morgan fingerprint density at radius 2 is 1.52 bits per heavy atom. The molecule has 3 aromatic rings. The van der Waals surface area contributed by atoms with Crippen molar-refractivity contribution in [3.63, 3.8) is 0 Å². The number of rotatable bonds is 4. The zero-order chi connectivity index (χ0) is 19.0. The highest BCUT2D eigenvalue weighted by Gasteiger charge is 2.37. The van der Waals surface area contributed by atoms with E-state index in [1.54, 1.807) is 24.3 Å². The average Bonchev–Trinajstić information content (AvgIpc) is 2.93. The number of imide groups is 1. The smallest absolute Gasteiger partial charge is 0.266 e. The average molecular weight is 422 g/mol. The molecule has 3 aromatic carbocycles. The summed E-state index contributed by atoms with van der Waals surface area (Å²) in [6.07, 6.45) is 0.738. The lowest BCUT2D eigenvalue weighted by molar-refractivity contribution is 0.0926. The van der Waals surface area contributed by atoms with E-state index in [0.29, 0.717) is 28.3 Å². The Morgan fingerprint density at radius 1 is 0.852 bits per heavy atom. The van der Waals surface area contributed by atoms with E-state index in [0.717, 1.165) is 16.5 Å². The van der Waals surface area contributed by atoms with Crippen LogP contribution in [0.5, 0.6) is 11.5 Å². The van der Waals surface area contributed by atoms with Crippen LogP contribution in [-0.2, 0) is 6.42 Å². The van der Waals surface area contributed by atoms with E-state index >= 15 is 0 Å². The second-order valence-corrected chi connectivity index (χ2v) is 7.11. The lowest BCUT2D eigenvalue weighted by Crippen LogP contribution is -2.30. The van der Waals surface area contributed by atoms with Crippen LogP contribution in [0.4, 0.5) is 5.69 Å². The van der Waals surface area contributed by atoms with Crippen molar-refractivity contribution in [1.29, 1.82) is 0 Å². The standard InChI is InChI=1S/C22H16BrNO3/c1-2-14-5-3-4-6-20(14)24-21(25)18-12-11-17(13-19(18)22(24)26)27-16-9-7-15(23)8-10-16/h3-13H,2H2,1H3. The number of benzene rings is 3. The highest BCUT2D eigenvalue weighted by Crippen LogP contribution is 2.34. The van der Waals surface area contributed by atoms with E-state index in [4.69, 9.17) is 4.74 Å². The molecule has 0 radical (unpaired) electrons. The van der Waals surface area contributed by atoms with Gasteiger partial charge in [0.2, 0.25) is 0 Å². The van der Waals surface area contributed by atoms with E-state index in [9.17, 15) is 9.59 Å². The molecule has 0 fully saturated rings. The quantitative estimate of drug-likeness (QED) is 0.514. The number of halogens is 1. The molecule has 0 saturated heterocycles. The van der Waals surface area contributed by atoms with Gasteiger partial charge in [0, 0.05) is 4.47 Å². The first-order valence-corrected chi connectivity index (χ1v) is 9.42. The lowest BCUT2D eigenvalue weighted by Gasteiger charge is -2.17. The van der Waals surface area contributed by atoms with Gasteiger partial charge in [-0.3, -0.25) is 9.59 Å². The molecule has 4 rings (SSSR count). The first kappa shape index (κ1) is 17.5. The van der Waals surface area contributed by atoms with E-state index in [-0.39, 0.29) is 11.8 Å². The number of carbonyl (C=O) groups excluding carboxylic acids is 2. The first-order chi connectivity index (χ1) is 13.1. The number of carbonyl (C=O) groups is 2. The third-order valence-corrected chi connectivity index (χ3v) is 5.05. The van der Waals surface area contributed by atoms with Crippen molar-refractivity contribution < 1.29 is 14.3 Å². The Hall–Kier alpha value is -2.92. The van der Waals surface area contributed by atoms with Crippen LogP contribution >= 0.6 is 15.9 Å². The van der Waals surface area contributed by atoms with Crippen LogP contribution in [0.2, 0.25) is 0 Å². The third-order valence-electron chi connectivity index (χ3n) is 4.52. The van der Waals surface area contributed by atoms with E-state index < -0.39 is 0 Å². The third kappa shape index (κ3) is 3.15. The van der Waals surface area contributed by atoms with Crippen molar-refractivity contribution in [2.45, 2.75) is 13.3 Å². The summed E-state index contributed by atoms with van der Waals surface area (Å²) in [6, 6.07) is 19.9. The molecule has 4 nitrogen and oxygen atoms in total. The molecule has 0 spiro atoms. The Kier molecular flexibility index (Phi) is 4.54. The van der Waals surface area contributed by atoms with Gasteiger partial charge in [0.1, 0.15) is 11.5 Å². The van der Waals surface area contributed by atoms with Crippen molar-refractivity contribution in [2.75, 3.05) is 4.90 Å². The fourth-order valence-electron chi connectivity index (χ4n) is 3.17. The summed E-state index contributed by atoms with van der Waals surface area (Å²) in [4.78, 5) is 27.1. The van der Waals surface area contributed by atoms with Crippen molar-refractivity contribution in [3.05, 3.63) is 87.9 Å². The fourth-order valence-corrected chi connectivity index (χ4v) is 3.43. The van der Waals surface area contributed by atoms with E-state index in [1.807, 2.05) is 49.4 Å². The van der Waals surface area contributed by atoms with Crippen LogP contribution in [0.25, 0.3) is 0 Å². The van der Waals surface area contributed by atoms with Crippen LogP contribution in [0, 0.1) is 0 Å². The van der Waals surface area contributed by atoms with Crippen molar-refractivity contribution in [1.82, 2.24) is 0 Å². The molecular weight excluding hydrogens is 406 g/mol. The maximum atomic E-state index is 13.0. The van der Waals surface area contributed by atoms with Crippen molar-refractivity contribution in [3.8, 4) is 11.5 Å². The Labute approximate surface area is 165 Å². The predicted octanol–water partition coefficient (Wildman–Crippen LogP) is 5.60. The maximum Gasteiger partial charge on any atom is 0.266 e. The molecule has 5 heteroatoms. The predicted molar refractivity (Wildman–Crippen MR) is 108 cm³/mol. The SMILES string of the molecule is CCc1ccccc1N1C(=O)c2ccc(Oc3ccc(Br)cc3)cc2C1=O. The maximum absolute atomic E-state index is 13.0. The number of ether oxygens (including phenoxy) is 1. The Morgan fingerprint density at radius 3 is 2.26 bits per heavy atom. The molecular formula is C22H16BrNO3. The first-order valence-electron chi connectivity index (χ1n) is 8.62. The molecule has 1 aliphatic rings. The summed E-state index contributed by atoms with van der Waals surface area (Å²) in [6.45, 7) is 2.00. The number of para-hydroxylation sites is 1. The van der Waals surface area contributed by atoms with Crippen molar-refractivity contribution in [2.24, 2.45) is 0 Å². The molecule has 1 heterocycles. The van der Waals surface area contributed by atoms with Crippen LogP contribution in [0.1, 0.15) is 33.2 Å². The second-order valence-electron chi connectivity index (χ2n) is 6.19. The number of anilines is 1. The number of nitrogens with zero attached hydrogens (tertiary/aromatic N) is 1. The summed E-state index contributed by atoms with van der Waals surface area (Å²) in [7, 11) is 0. The lowest BCUT2D eigenvalue weighted by atomic mass is 10.1. The zero-order valence-corrected chi connectivity index (χ0v) is 16.2. The molecule has 1 aliphatic heterocycles. The Bertz CT molecular complexity index is 1040. The molecule has 134 valence electrons. The number of fused-ring (bicyclic) bond motifs is 1. The molecule has 0 N–H and O–H groups in total. The number of hydrogen-bond acceptors (Lipinski definition) is 3. The molecule has 0 unspecified atom stereocenters. The minimum absolute atomic E-state index is 0.300. The van der Waals surface area contributed by atoms with Gasteiger partial charge in [-0.15, -0.1) is 0 Å². The molecule has 0 aromatic heterocycles. The van der Waals surface area contributed by atoms with Gasteiger partial charge in [0.15, 0.2) is 0 Å². The summed E-state index contributed by atoms with van der Waals surface area (Å²) in [5.41, 5.74) is 2.36. The normalized spacial score (nSPS) is 13.0. The molecule has 27 heavy (non-hydrogen) atoms. The summed E-state index contributed by atoms with van der Waals surface area (Å²) in [5, 5.41) is 0. The van der Waals surface area contributed by atoms with E-state index in [2.05, 4.69) is 15.9 Å². The van der Waals surface area contributed by atoms with Crippen LogP contribution in [0.15, 0.2) is 71.2 Å². The Balaban J connectivity index is 1.68. The van der Waals surface area contributed by atoms with Gasteiger partial charge >= 0.3 is 0 Å². The minimum Gasteiger partial charge on any atom is -0.457 e. The van der Waals surface area contributed by atoms with Gasteiger partial charge in [-0.2, -0.15) is 0 Å². The largest absolute Gasteiger partial charge is 0.457 e. The zero-order valence-electron chi connectivity index (χ0n) is 14.6. The van der Waals surface area contributed by atoms with Gasteiger partial charge in [0.25, 0.3) is 11.8 Å². The number of aryl methyl sites for hydroxylation is 1. The topological polar surface area (TPSA) is 46.6 Å². The van der Waals surface area contributed by atoms with Gasteiger partial charge in [-0.25, -0.2) is 4.90 Å². The van der Waals surface area contributed by atoms with Crippen LogP contribution in [-0.4, -0.2) is 11.8 Å². The second kappa shape index (κ2) is 7.00. The number of hydrogen-bond donors (Lipinski definition) is 0. The summed E-state index contributed by atoms with van der Waals surface area (Å²) in [5.74, 6) is 0.550. The summed E-state index contributed by atoms with van der Waals surface area (Å²) >= 11 is 3.38. The van der Waals surface area contributed by atoms with E-state index in [1.165, 1.54) is 4.90 Å². The van der Waals surface area contributed by atoms with Gasteiger partial charge in [-0.05, 0) is 60.5 Å². The molecule has 2 amide bonds. The molecule has 0 atom stereocenters.